The number of nitrogens with one attached hydrogen (secondary N) is 2. The fraction of sp³-hybridized carbons (Fsp3) is 0.357. The van der Waals surface area contributed by atoms with Crippen molar-refractivity contribution in [3.63, 3.8) is 0 Å². The van der Waals surface area contributed by atoms with Gasteiger partial charge in [-0.2, -0.15) is 0 Å². The highest BCUT2D eigenvalue weighted by Gasteiger charge is 2.37. The van der Waals surface area contributed by atoms with Gasteiger partial charge in [0.15, 0.2) is 12.2 Å². The minimum Gasteiger partial charge on any atom is -0.497 e. The van der Waals surface area contributed by atoms with Crippen molar-refractivity contribution >= 4 is 33.7 Å². The zero-order valence-corrected chi connectivity index (χ0v) is 23.2. The Morgan fingerprint density at radius 3 is 1.36 bits per heavy atom. The normalized spacial score (nSPS) is 13.6. The maximum absolute atomic E-state index is 10.1. The molecule has 0 saturated carbocycles. The highest BCUT2D eigenvalue weighted by molar-refractivity contribution is 5.85. The molecule has 0 bridgehead atoms. The maximum atomic E-state index is 10.1. The molecule has 14 nitrogen and oxygen atoms in total. The molecule has 0 fully saturated rings. The number of benzene rings is 2. The third kappa shape index (κ3) is 8.91. The number of aliphatic carboxylic acids is 2. The van der Waals surface area contributed by atoms with Crippen molar-refractivity contribution in [2.75, 3.05) is 27.3 Å². The van der Waals surface area contributed by atoms with Gasteiger partial charge in [0.25, 0.3) is 0 Å². The summed E-state index contributed by atoms with van der Waals surface area (Å²) in [6.45, 7) is 1.34. The largest absolute Gasteiger partial charge is 0.497 e. The van der Waals surface area contributed by atoms with Crippen LogP contribution in [0.4, 0.5) is 0 Å². The van der Waals surface area contributed by atoms with Crippen molar-refractivity contribution in [3.8, 4) is 11.5 Å². The molecule has 42 heavy (non-hydrogen) atoms. The third-order valence-corrected chi connectivity index (χ3v) is 6.28. The van der Waals surface area contributed by atoms with E-state index in [1.165, 1.54) is 21.9 Å². The smallest absolute Gasteiger partial charge is 0.335 e. The molecule has 2 heterocycles. The summed E-state index contributed by atoms with van der Waals surface area (Å²) >= 11 is 0. The third-order valence-electron chi connectivity index (χ3n) is 6.28. The van der Waals surface area contributed by atoms with E-state index >= 15 is 0 Å². The van der Waals surface area contributed by atoms with Crippen molar-refractivity contribution in [2.24, 2.45) is 11.5 Å². The Labute approximate surface area is 241 Å². The Kier molecular flexibility index (Phi) is 13.2. The van der Waals surface area contributed by atoms with Crippen molar-refractivity contribution in [3.05, 3.63) is 59.9 Å². The van der Waals surface area contributed by atoms with Gasteiger partial charge >= 0.3 is 11.9 Å². The molecule has 2 aromatic heterocycles. The second-order valence-electron chi connectivity index (χ2n) is 9.08. The second-order valence-corrected chi connectivity index (χ2v) is 9.08. The number of methoxy groups -OCH3 is 2. The fourth-order valence-electron chi connectivity index (χ4n) is 3.96. The van der Waals surface area contributed by atoms with Gasteiger partial charge in [-0.25, -0.2) is 9.59 Å². The van der Waals surface area contributed by atoms with Crippen LogP contribution in [0.2, 0.25) is 0 Å². The summed E-state index contributed by atoms with van der Waals surface area (Å²) in [4.78, 5) is 26.6. The number of carbonyl (C=O) groups is 2. The number of rotatable bonds is 11. The Morgan fingerprint density at radius 1 is 0.714 bits per heavy atom. The fourth-order valence-corrected chi connectivity index (χ4v) is 3.96. The number of aromatic amines is 2. The van der Waals surface area contributed by atoms with E-state index in [0.717, 1.165) is 35.4 Å². The number of fused-ring (bicyclic) bond motifs is 2. The lowest BCUT2D eigenvalue weighted by Crippen LogP contribution is -2.49. The van der Waals surface area contributed by atoms with Gasteiger partial charge in [-0.1, -0.05) is 0 Å². The number of nitrogens with two attached hydrogens (primary N) is 2. The topological polar surface area (TPSA) is 258 Å². The standard InChI is InChI=1S/2C11H14N2O.C6H10O8/c2*1-14-9-2-3-11-10(6-9)8(4-5-12)7-13-11;7-1(3(9)5(11)12)2(8)4(10)6(13)14/h2*2-3,6-7,13H,4-5,12H2,1H3;1-4,7-10H,(H,11,12)(H,13,14)/t;;1-,2+,3+,4-. The molecule has 0 unspecified atom stereocenters. The Hall–Kier alpha value is -4.18. The van der Waals surface area contributed by atoms with E-state index in [2.05, 4.69) is 9.97 Å². The van der Waals surface area contributed by atoms with Gasteiger partial charge in [0.1, 0.15) is 23.7 Å². The molecule has 0 amide bonds. The van der Waals surface area contributed by atoms with E-state index in [4.69, 9.17) is 51.6 Å². The zero-order chi connectivity index (χ0) is 31.4. The lowest BCUT2D eigenvalue weighted by molar-refractivity contribution is -0.172. The molecular weight excluding hydrogens is 552 g/mol. The molecule has 4 rings (SSSR count). The number of H-pyrrole nitrogens is 2. The highest BCUT2D eigenvalue weighted by Crippen LogP contribution is 2.24. The molecular formula is C28H38N4O10. The van der Waals surface area contributed by atoms with Crippen LogP contribution in [-0.2, 0) is 22.4 Å². The number of hydrogen-bond donors (Lipinski definition) is 10. The van der Waals surface area contributed by atoms with Gasteiger partial charge in [0, 0.05) is 34.2 Å². The van der Waals surface area contributed by atoms with Crippen LogP contribution in [0.3, 0.4) is 0 Å². The molecule has 0 spiro atoms. The summed E-state index contributed by atoms with van der Waals surface area (Å²) in [5, 5.41) is 53.9. The molecule has 0 radical (unpaired) electrons. The predicted molar refractivity (Wildman–Crippen MR) is 155 cm³/mol. The van der Waals surface area contributed by atoms with E-state index in [0.29, 0.717) is 13.1 Å². The molecule has 230 valence electrons. The van der Waals surface area contributed by atoms with Crippen molar-refractivity contribution in [2.45, 2.75) is 37.3 Å². The molecule has 0 aliphatic rings. The van der Waals surface area contributed by atoms with Gasteiger partial charge in [-0.15, -0.1) is 0 Å². The monoisotopic (exact) mass is 590 g/mol. The molecule has 2 aromatic carbocycles. The Balaban J connectivity index is 0.000000220. The van der Waals surface area contributed by atoms with Crippen molar-refractivity contribution < 1.29 is 49.7 Å². The molecule has 14 heteroatoms. The first-order chi connectivity index (χ1) is 20.0. The number of carboxylic acids is 2. The van der Waals surface area contributed by atoms with Gasteiger partial charge in [0.05, 0.1) is 14.2 Å². The van der Waals surface area contributed by atoms with E-state index in [1.54, 1.807) is 14.2 Å². The van der Waals surface area contributed by atoms with Crippen LogP contribution < -0.4 is 20.9 Å². The molecule has 0 saturated heterocycles. The van der Waals surface area contributed by atoms with Gasteiger partial charge in [0.2, 0.25) is 0 Å². The zero-order valence-electron chi connectivity index (χ0n) is 23.2. The van der Waals surface area contributed by atoms with Crippen LogP contribution in [0, 0.1) is 0 Å². The second kappa shape index (κ2) is 16.3. The van der Waals surface area contributed by atoms with Crippen molar-refractivity contribution in [1.29, 1.82) is 0 Å². The maximum Gasteiger partial charge on any atom is 0.335 e. The van der Waals surface area contributed by atoms with Crippen LogP contribution in [0.1, 0.15) is 11.1 Å². The minimum atomic E-state index is -2.36. The quantitative estimate of drug-likeness (QED) is 0.110. The SMILES string of the molecule is COc1ccc2[nH]cc(CCN)c2c1.COc1ccc2[nH]cc(CCN)c2c1.O=C(O)[C@@H](O)[C@H](O)[C@H](O)[C@@H](O)C(=O)O. The first-order valence-electron chi connectivity index (χ1n) is 12.8. The molecule has 0 aliphatic carbocycles. The number of carboxylic acid groups (broad SMARTS) is 2. The van der Waals surface area contributed by atoms with Gasteiger partial charge in [-0.3, -0.25) is 0 Å². The van der Waals surface area contributed by atoms with E-state index in [1.807, 2.05) is 48.8 Å². The van der Waals surface area contributed by atoms with Gasteiger partial charge < -0.3 is 61.5 Å². The number of aromatic nitrogens is 2. The van der Waals surface area contributed by atoms with E-state index < -0.39 is 36.4 Å². The lowest BCUT2D eigenvalue weighted by Gasteiger charge is -2.21. The Bertz CT molecular complexity index is 1330. The molecule has 12 N–H and O–H groups in total. The van der Waals surface area contributed by atoms with E-state index in [9.17, 15) is 9.59 Å². The van der Waals surface area contributed by atoms with Crippen molar-refractivity contribution in [1.82, 2.24) is 9.97 Å². The first kappa shape index (κ1) is 34.0. The predicted octanol–water partition coefficient (Wildman–Crippen LogP) is -0.0454. The van der Waals surface area contributed by atoms with Crippen LogP contribution in [0.5, 0.6) is 11.5 Å². The van der Waals surface area contributed by atoms with Gasteiger partial charge in [-0.05, 0) is 73.5 Å². The summed E-state index contributed by atoms with van der Waals surface area (Å²) in [6, 6.07) is 12.0. The number of ether oxygens (including phenoxy) is 2. The Morgan fingerprint density at radius 2 is 1.07 bits per heavy atom. The lowest BCUT2D eigenvalue weighted by atomic mass is 10.0. The summed E-state index contributed by atoms with van der Waals surface area (Å²) in [5.41, 5.74) is 15.8. The molecule has 0 aliphatic heterocycles. The van der Waals surface area contributed by atoms with E-state index in [-0.39, 0.29) is 0 Å². The summed E-state index contributed by atoms with van der Waals surface area (Å²) in [7, 11) is 3.35. The number of hydrogen-bond acceptors (Lipinski definition) is 10. The van der Waals surface area contributed by atoms with Crippen LogP contribution in [0.25, 0.3) is 21.8 Å². The molecule has 4 aromatic rings. The summed E-state index contributed by atoms with van der Waals surface area (Å²) in [6.07, 6.45) is -3.47. The average Bonchev–Trinajstić information content (AvgIpc) is 3.59. The minimum absolute atomic E-state index is 0.671. The molecule has 4 atom stereocenters. The summed E-state index contributed by atoms with van der Waals surface area (Å²) in [5.74, 6) is -1.91. The van der Waals surface area contributed by atoms with Crippen LogP contribution in [0.15, 0.2) is 48.8 Å². The van der Waals surface area contributed by atoms with Crippen LogP contribution in [-0.4, -0.2) is 104 Å². The number of aliphatic hydroxyl groups excluding tert-OH is 4. The number of aliphatic hydroxyl groups is 4. The average molecular weight is 591 g/mol. The first-order valence-corrected chi connectivity index (χ1v) is 12.8. The highest BCUT2D eigenvalue weighted by atomic mass is 16.5. The summed E-state index contributed by atoms with van der Waals surface area (Å²) < 4.78 is 10.4. The van der Waals surface area contributed by atoms with Crippen LogP contribution >= 0.6 is 0 Å².